The number of piperidine rings is 1. The molecular weight excluding hydrogens is 430 g/mol. The van der Waals surface area contributed by atoms with E-state index in [0.29, 0.717) is 50.0 Å². The maximum atomic E-state index is 13.8. The van der Waals surface area contributed by atoms with Gasteiger partial charge in [0.05, 0.1) is 17.8 Å². The van der Waals surface area contributed by atoms with Crippen LogP contribution in [0.2, 0.25) is 0 Å². The molecule has 3 saturated heterocycles. The van der Waals surface area contributed by atoms with E-state index in [1.807, 2.05) is 6.07 Å². The van der Waals surface area contributed by atoms with Crippen LogP contribution in [0.15, 0.2) is 48.9 Å². The molecule has 0 N–H and O–H groups in total. The minimum atomic E-state index is -0.989. The lowest BCUT2D eigenvalue weighted by molar-refractivity contribution is -0.142. The number of ether oxygens (including phenoxy) is 1. The number of carbonyl (C=O) groups excluding carboxylic acids is 2. The van der Waals surface area contributed by atoms with Crippen molar-refractivity contribution in [3.63, 3.8) is 0 Å². The number of hydrogen-bond acceptors (Lipinski definition) is 4. The summed E-state index contributed by atoms with van der Waals surface area (Å²) >= 11 is 0. The smallest absolute Gasteiger partial charge is 0.270 e. The molecule has 5 heterocycles. The minimum absolute atomic E-state index is 0.102. The maximum absolute atomic E-state index is 13.8. The summed E-state index contributed by atoms with van der Waals surface area (Å²) in [6.07, 6.45) is 6.66. The lowest BCUT2D eigenvalue weighted by Crippen LogP contribution is -2.51. The monoisotopic (exact) mass is 452 g/mol. The zero-order chi connectivity index (χ0) is 22.7. The Morgan fingerprint density at radius 3 is 2.61 bits per heavy atom. The van der Waals surface area contributed by atoms with Crippen molar-refractivity contribution in [2.75, 3.05) is 13.1 Å². The SMILES string of the molecule is O=C(c1ccc2cnccn12)N1CCC2(CC1)O[C@@H]1CC[C@@H](c3cc(F)cc(F)c3)N1C2=O. The number of fused-ring (bicyclic) bond motifs is 2. The molecule has 33 heavy (non-hydrogen) atoms. The van der Waals surface area contributed by atoms with E-state index in [1.54, 1.807) is 38.9 Å². The highest BCUT2D eigenvalue weighted by Gasteiger charge is 2.58. The van der Waals surface area contributed by atoms with Crippen LogP contribution in [0.1, 0.15) is 47.8 Å². The number of carbonyl (C=O) groups is 2. The molecule has 9 heteroatoms. The van der Waals surface area contributed by atoms with Crippen molar-refractivity contribution in [1.29, 1.82) is 0 Å². The molecule has 0 saturated carbocycles. The van der Waals surface area contributed by atoms with Gasteiger partial charge in [0.2, 0.25) is 0 Å². The van der Waals surface area contributed by atoms with Crippen molar-refractivity contribution < 1.29 is 23.1 Å². The first-order valence-electron chi connectivity index (χ1n) is 11.1. The number of hydrogen-bond donors (Lipinski definition) is 0. The Morgan fingerprint density at radius 1 is 1.09 bits per heavy atom. The molecule has 3 fully saturated rings. The fourth-order valence-corrected chi connectivity index (χ4v) is 5.51. The average Bonchev–Trinajstić information content (AvgIpc) is 3.48. The zero-order valence-electron chi connectivity index (χ0n) is 17.8. The molecule has 2 atom stereocenters. The molecule has 6 rings (SSSR count). The molecule has 0 aliphatic carbocycles. The Bertz CT molecular complexity index is 1250. The highest BCUT2D eigenvalue weighted by Crippen LogP contribution is 2.47. The molecule has 3 aliphatic heterocycles. The first-order chi connectivity index (χ1) is 15.9. The topological polar surface area (TPSA) is 67.2 Å². The van der Waals surface area contributed by atoms with Crippen LogP contribution in [0.3, 0.4) is 0 Å². The molecule has 2 aromatic heterocycles. The van der Waals surface area contributed by atoms with E-state index >= 15 is 0 Å². The van der Waals surface area contributed by atoms with Gasteiger partial charge in [0.15, 0.2) is 5.60 Å². The van der Waals surface area contributed by atoms with E-state index in [0.717, 1.165) is 11.6 Å². The molecule has 0 bridgehead atoms. The molecule has 170 valence electrons. The van der Waals surface area contributed by atoms with E-state index in [-0.39, 0.29) is 11.8 Å². The van der Waals surface area contributed by atoms with Crippen LogP contribution in [-0.2, 0) is 9.53 Å². The van der Waals surface area contributed by atoms with Crippen LogP contribution in [0, 0.1) is 11.6 Å². The van der Waals surface area contributed by atoms with Crippen LogP contribution in [0.25, 0.3) is 5.52 Å². The molecule has 0 unspecified atom stereocenters. The van der Waals surface area contributed by atoms with Crippen LogP contribution in [0.5, 0.6) is 0 Å². The van der Waals surface area contributed by atoms with Gasteiger partial charge in [-0.15, -0.1) is 0 Å². The van der Waals surface area contributed by atoms with Crippen molar-refractivity contribution in [3.05, 3.63) is 71.8 Å². The predicted octanol–water partition coefficient (Wildman–Crippen LogP) is 3.31. The van der Waals surface area contributed by atoms with E-state index in [9.17, 15) is 18.4 Å². The Hall–Kier alpha value is -3.33. The molecule has 1 aromatic carbocycles. The van der Waals surface area contributed by atoms with Crippen molar-refractivity contribution in [3.8, 4) is 0 Å². The highest BCUT2D eigenvalue weighted by molar-refractivity contribution is 5.94. The van der Waals surface area contributed by atoms with Gasteiger partial charge in [-0.05, 0) is 42.7 Å². The third-order valence-corrected chi connectivity index (χ3v) is 7.12. The number of nitrogens with zero attached hydrogens (tertiary/aromatic N) is 4. The van der Waals surface area contributed by atoms with Gasteiger partial charge in [-0.3, -0.25) is 14.6 Å². The number of amides is 2. The lowest BCUT2D eigenvalue weighted by atomic mass is 9.89. The lowest BCUT2D eigenvalue weighted by Gasteiger charge is -2.37. The summed E-state index contributed by atoms with van der Waals surface area (Å²) < 4.78 is 35.6. The van der Waals surface area contributed by atoms with Crippen molar-refractivity contribution in [2.45, 2.75) is 43.6 Å². The quantitative estimate of drug-likeness (QED) is 0.599. The second-order valence-electron chi connectivity index (χ2n) is 8.96. The number of benzene rings is 1. The van der Waals surface area contributed by atoms with Gasteiger partial charge in [0.1, 0.15) is 23.6 Å². The predicted molar refractivity (Wildman–Crippen MR) is 113 cm³/mol. The largest absolute Gasteiger partial charge is 0.342 e. The van der Waals surface area contributed by atoms with Gasteiger partial charge in [-0.25, -0.2) is 8.78 Å². The second-order valence-corrected chi connectivity index (χ2v) is 8.96. The number of likely N-dealkylation sites (tertiary alicyclic amines) is 1. The van der Waals surface area contributed by atoms with E-state index in [2.05, 4.69) is 4.98 Å². The summed E-state index contributed by atoms with van der Waals surface area (Å²) in [5.74, 6) is -1.56. The molecule has 7 nitrogen and oxygen atoms in total. The van der Waals surface area contributed by atoms with Gasteiger partial charge < -0.3 is 18.9 Å². The summed E-state index contributed by atoms with van der Waals surface area (Å²) in [4.78, 5) is 34.1. The summed E-state index contributed by atoms with van der Waals surface area (Å²) in [7, 11) is 0. The van der Waals surface area contributed by atoms with Crippen LogP contribution >= 0.6 is 0 Å². The fraction of sp³-hybridized carbons (Fsp3) is 0.375. The first-order valence-corrected chi connectivity index (χ1v) is 11.1. The molecule has 2 amide bonds. The molecular formula is C24H22F2N4O3. The molecule has 3 aliphatic rings. The molecule has 1 spiro atoms. The van der Waals surface area contributed by atoms with Gasteiger partial charge in [0, 0.05) is 44.4 Å². The van der Waals surface area contributed by atoms with E-state index in [1.165, 1.54) is 12.1 Å². The zero-order valence-corrected chi connectivity index (χ0v) is 17.8. The van der Waals surface area contributed by atoms with E-state index in [4.69, 9.17) is 4.74 Å². The first kappa shape index (κ1) is 20.3. The Labute approximate surface area is 188 Å². The maximum Gasteiger partial charge on any atom is 0.270 e. The summed E-state index contributed by atoms with van der Waals surface area (Å²) in [6, 6.07) is 6.61. The van der Waals surface area contributed by atoms with Crippen LogP contribution < -0.4 is 0 Å². The fourth-order valence-electron chi connectivity index (χ4n) is 5.51. The standard InChI is InChI=1S/C24H22F2N4O3/c25-16-11-15(12-17(26)13-16)19-3-4-21-30(19)23(32)24(33-21)5-8-28(9-6-24)22(31)20-2-1-18-14-27-7-10-29(18)20/h1-2,7,10-14,19,21H,3-6,8-9H2/t19-,21+/m0/s1. The number of halogens is 2. The number of aromatic nitrogens is 2. The normalized spacial score (nSPS) is 24.1. The van der Waals surface area contributed by atoms with Crippen molar-refractivity contribution in [1.82, 2.24) is 19.2 Å². The summed E-state index contributed by atoms with van der Waals surface area (Å²) in [5, 5.41) is 0. The Morgan fingerprint density at radius 2 is 1.85 bits per heavy atom. The average molecular weight is 452 g/mol. The Balaban J connectivity index is 1.20. The highest BCUT2D eigenvalue weighted by atomic mass is 19.1. The van der Waals surface area contributed by atoms with Gasteiger partial charge in [-0.1, -0.05) is 0 Å². The van der Waals surface area contributed by atoms with Crippen LogP contribution in [-0.4, -0.2) is 55.9 Å². The third-order valence-electron chi connectivity index (χ3n) is 7.12. The minimum Gasteiger partial charge on any atom is -0.342 e. The van der Waals surface area contributed by atoms with Crippen molar-refractivity contribution >= 4 is 17.3 Å². The molecule has 0 radical (unpaired) electrons. The van der Waals surface area contributed by atoms with Gasteiger partial charge in [-0.2, -0.15) is 0 Å². The second kappa shape index (κ2) is 7.34. The van der Waals surface area contributed by atoms with Crippen LogP contribution in [0.4, 0.5) is 8.78 Å². The third kappa shape index (κ3) is 3.13. The van der Waals surface area contributed by atoms with Gasteiger partial charge >= 0.3 is 0 Å². The summed E-state index contributed by atoms with van der Waals surface area (Å²) in [6.45, 7) is 0.783. The number of rotatable bonds is 2. The Kier molecular flexibility index (Phi) is 4.52. The van der Waals surface area contributed by atoms with Gasteiger partial charge in [0.25, 0.3) is 11.8 Å². The summed E-state index contributed by atoms with van der Waals surface area (Å²) in [5.41, 5.74) is 0.850. The molecule has 3 aromatic rings. The van der Waals surface area contributed by atoms with Crippen molar-refractivity contribution in [2.24, 2.45) is 0 Å². The van der Waals surface area contributed by atoms with E-state index < -0.39 is 29.5 Å².